The number of hydrogen-bond acceptors (Lipinski definition) is 5. The Balaban J connectivity index is 2.38. The summed E-state index contributed by atoms with van der Waals surface area (Å²) in [4.78, 5) is 48.1. The van der Waals surface area contributed by atoms with E-state index in [-0.39, 0.29) is 35.4 Å². The standard InChI is InChI=1S/C14H15N3O4/c1-7(18)5-6-10(12(16)19)17-13(20)8-3-2-4-9(15)11(8)14(17)21/h2-4,10H,5-6,15H2,1H3,(H2,16,19). The first kappa shape index (κ1) is 14.7. The Kier molecular flexibility index (Phi) is 3.75. The minimum Gasteiger partial charge on any atom is -0.398 e. The molecular weight excluding hydrogens is 274 g/mol. The molecular formula is C14H15N3O4. The molecule has 21 heavy (non-hydrogen) atoms. The molecule has 0 saturated carbocycles. The van der Waals surface area contributed by atoms with Gasteiger partial charge in [0.1, 0.15) is 11.8 Å². The summed E-state index contributed by atoms with van der Waals surface area (Å²) >= 11 is 0. The number of nitrogens with two attached hydrogens (primary N) is 2. The van der Waals surface area contributed by atoms with E-state index in [1.165, 1.54) is 19.1 Å². The number of hydrogen-bond donors (Lipinski definition) is 2. The summed E-state index contributed by atoms with van der Waals surface area (Å²) in [5.41, 5.74) is 11.4. The van der Waals surface area contributed by atoms with Crippen LogP contribution in [0.4, 0.5) is 5.69 Å². The van der Waals surface area contributed by atoms with Crippen LogP contribution in [0.2, 0.25) is 0 Å². The number of fused-ring (bicyclic) bond motifs is 1. The second-order valence-electron chi connectivity index (χ2n) is 4.91. The van der Waals surface area contributed by atoms with Crippen LogP contribution < -0.4 is 11.5 Å². The second kappa shape index (κ2) is 5.35. The van der Waals surface area contributed by atoms with E-state index in [0.29, 0.717) is 0 Å². The third kappa shape index (κ3) is 2.49. The van der Waals surface area contributed by atoms with Crippen LogP contribution in [0.5, 0.6) is 0 Å². The molecule has 4 N–H and O–H groups in total. The molecule has 0 fully saturated rings. The highest BCUT2D eigenvalue weighted by atomic mass is 16.2. The second-order valence-corrected chi connectivity index (χ2v) is 4.91. The number of imide groups is 1. The normalized spacial score (nSPS) is 15.0. The van der Waals surface area contributed by atoms with Crippen LogP contribution in [0.15, 0.2) is 18.2 Å². The lowest BCUT2D eigenvalue weighted by atomic mass is 10.1. The molecule has 1 unspecified atom stereocenters. The van der Waals surface area contributed by atoms with Gasteiger partial charge >= 0.3 is 0 Å². The number of rotatable bonds is 5. The van der Waals surface area contributed by atoms with Crippen LogP contribution in [-0.4, -0.2) is 34.4 Å². The molecule has 2 rings (SSSR count). The van der Waals surface area contributed by atoms with Gasteiger partial charge in [0.2, 0.25) is 5.91 Å². The highest BCUT2D eigenvalue weighted by molar-refractivity contribution is 6.24. The summed E-state index contributed by atoms with van der Waals surface area (Å²) in [6, 6.07) is 3.37. The van der Waals surface area contributed by atoms with Gasteiger partial charge in [0, 0.05) is 12.1 Å². The van der Waals surface area contributed by atoms with Crippen molar-refractivity contribution in [3.05, 3.63) is 29.3 Å². The molecule has 7 heteroatoms. The maximum Gasteiger partial charge on any atom is 0.264 e. The number of ketones is 1. The highest BCUT2D eigenvalue weighted by Gasteiger charge is 2.43. The SMILES string of the molecule is CC(=O)CCC(C(N)=O)N1C(=O)c2cccc(N)c2C1=O. The maximum atomic E-state index is 12.4. The number of Topliss-reactive ketones (excluding diaryl/α,β-unsaturated/α-hetero) is 1. The number of carbonyl (C=O) groups excluding carboxylic acids is 4. The maximum absolute atomic E-state index is 12.4. The Morgan fingerprint density at radius 2 is 1.90 bits per heavy atom. The van der Waals surface area contributed by atoms with Crippen molar-refractivity contribution in [2.75, 3.05) is 5.73 Å². The van der Waals surface area contributed by atoms with Crippen molar-refractivity contribution in [3.8, 4) is 0 Å². The van der Waals surface area contributed by atoms with E-state index in [4.69, 9.17) is 11.5 Å². The van der Waals surface area contributed by atoms with Gasteiger partial charge in [-0.15, -0.1) is 0 Å². The molecule has 110 valence electrons. The Bertz CT molecular complexity index is 654. The smallest absolute Gasteiger partial charge is 0.264 e. The summed E-state index contributed by atoms with van der Waals surface area (Å²) < 4.78 is 0. The lowest BCUT2D eigenvalue weighted by molar-refractivity contribution is -0.122. The number of primary amides is 1. The molecule has 0 aromatic heterocycles. The van der Waals surface area contributed by atoms with Gasteiger partial charge in [-0.2, -0.15) is 0 Å². The van der Waals surface area contributed by atoms with Crippen LogP contribution in [0.1, 0.15) is 40.5 Å². The number of anilines is 1. The van der Waals surface area contributed by atoms with Gasteiger partial charge in [0.25, 0.3) is 11.8 Å². The zero-order valence-electron chi connectivity index (χ0n) is 11.5. The Labute approximate surface area is 120 Å². The van der Waals surface area contributed by atoms with Crippen LogP contribution >= 0.6 is 0 Å². The molecule has 1 aliphatic heterocycles. The summed E-state index contributed by atoms with van der Waals surface area (Å²) in [5.74, 6) is -2.25. The lowest BCUT2D eigenvalue weighted by Gasteiger charge is -2.23. The molecule has 0 bridgehead atoms. The van der Waals surface area contributed by atoms with Gasteiger partial charge in [0.05, 0.1) is 11.1 Å². The first-order chi connectivity index (χ1) is 9.84. The molecule has 0 saturated heterocycles. The number of nitrogen functional groups attached to an aromatic ring is 1. The van der Waals surface area contributed by atoms with Crippen LogP contribution in [-0.2, 0) is 9.59 Å². The summed E-state index contributed by atoms with van der Waals surface area (Å²) in [7, 11) is 0. The molecule has 1 aliphatic rings. The van der Waals surface area contributed by atoms with Crippen LogP contribution in [0, 0.1) is 0 Å². The zero-order chi connectivity index (χ0) is 15.7. The third-order valence-corrected chi connectivity index (χ3v) is 3.39. The third-order valence-electron chi connectivity index (χ3n) is 3.39. The van der Waals surface area contributed by atoms with Crippen molar-refractivity contribution in [2.24, 2.45) is 5.73 Å². The van der Waals surface area contributed by atoms with E-state index in [0.717, 1.165) is 4.90 Å². The van der Waals surface area contributed by atoms with Gasteiger partial charge in [-0.25, -0.2) is 0 Å². The average Bonchev–Trinajstić information content (AvgIpc) is 2.64. The molecule has 0 spiro atoms. The van der Waals surface area contributed by atoms with Gasteiger partial charge < -0.3 is 16.3 Å². The minimum atomic E-state index is -1.15. The molecule has 7 nitrogen and oxygen atoms in total. The Hall–Kier alpha value is -2.70. The van der Waals surface area contributed by atoms with E-state index >= 15 is 0 Å². The van der Waals surface area contributed by atoms with Crippen molar-refractivity contribution < 1.29 is 19.2 Å². The molecule has 3 amide bonds. The molecule has 1 atom stereocenters. The first-order valence-electron chi connectivity index (χ1n) is 6.39. The highest BCUT2D eigenvalue weighted by Crippen LogP contribution is 2.29. The number of carbonyl (C=O) groups is 4. The van der Waals surface area contributed by atoms with Crippen LogP contribution in [0.3, 0.4) is 0 Å². The summed E-state index contributed by atoms with van der Waals surface area (Å²) in [6.07, 6.45) is 0.0620. The van der Waals surface area contributed by atoms with Gasteiger partial charge in [-0.3, -0.25) is 19.3 Å². The van der Waals surface area contributed by atoms with Crippen molar-refractivity contribution in [2.45, 2.75) is 25.8 Å². The number of benzene rings is 1. The van der Waals surface area contributed by atoms with Gasteiger partial charge in [-0.1, -0.05) is 6.07 Å². The van der Waals surface area contributed by atoms with Gasteiger partial charge in [-0.05, 0) is 25.5 Å². The molecule has 0 radical (unpaired) electrons. The number of amides is 3. The quantitative estimate of drug-likeness (QED) is 0.587. The topological polar surface area (TPSA) is 124 Å². The first-order valence-corrected chi connectivity index (χ1v) is 6.39. The lowest BCUT2D eigenvalue weighted by Crippen LogP contribution is -2.48. The Morgan fingerprint density at radius 1 is 1.24 bits per heavy atom. The van der Waals surface area contributed by atoms with E-state index in [2.05, 4.69) is 0 Å². The number of nitrogens with zero attached hydrogens (tertiary/aromatic N) is 1. The van der Waals surface area contributed by atoms with E-state index in [1.807, 2.05) is 0 Å². The van der Waals surface area contributed by atoms with Gasteiger partial charge in [0.15, 0.2) is 0 Å². The molecule has 1 aromatic rings. The fourth-order valence-corrected chi connectivity index (χ4v) is 2.35. The monoisotopic (exact) mass is 289 g/mol. The van der Waals surface area contributed by atoms with E-state index in [1.54, 1.807) is 6.07 Å². The molecule has 1 aromatic carbocycles. The van der Waals surface area contributed by atoms with Crippen molar-refractivity contribution in [1.82, 2.24) is 4.90 Å². The van der Waals surface area contributed by atoms with Crippen molar-refractivity contribution >= 4 is 29.2 Å². The summed E-state index contributed by atoms with van der Waals surface area (Å²) in [6.45, 7) is 1.36. The fraction of sp³-hybridized carbons (Fsp3) is 0.286. The average molecular weight is 289 g/mol. The zero-order valence-corrected chi connectivity index (χ0v) is 11.5. The van der Waals surface area contributed by atoms with Crippen LogP contribution in [0.25, 0.3) is 0 Å². The predicted octanol–water partition coefficient (Wildman–Crippen LogP) is 0.0879. The van der Waals surface area contributed by atoms with Crippen molar-refractivity contribution in [1.29, 1.82) is 0 Å². The summed E-state index contributed by atoms with van der Waals surface area (Å²) in [5, 5.41) is 0. The molecule has 1 heterocycles. The minimum absolute atomic E-state index is 0.00996. The van der Waals surface area contributed by atoms with E-state index < -0.39 is 23.8 Å². The largest absolute Gasteiger partial charge is 0.398 e. The van der Waals surface area contributed by atoms with Crippen molar-refractivity contribution in [3.63, 3.8) is 0 Å². The van der Waals surface area contributed by atoms with E-state index in [9.17, 15) is 19.2 Å². The molecule has 0 aliphatic carbocycles. The Morgan fingerprint density at radius 3 is 2.43 bits per heavy atom. The fourth-order valence-electron chi connectivity index (χ4n) is 2.35. The predicted molar refractivity (Wildman–Crippen MR) is 74.3 cm³/mol.